The summed E-state index contributed by atoms with van der Waals surface area (Å²) < 4.78 is 0. The molecule has 1 atom stereocenters. The molecular formula is C16H21ClN4O2. The van der Waals surface area contributed by atoms with Crippen molar-refractivity contribution >= 4 is 29.2 Å². The van der Waals surface area contributed by atoms with E-state index in [4.69, 9.17) is 11.6 Å². The molecule has 0 bridgehead atoms. The summed E-state index contributed by atoms with van der Waals surface area (Å²) in [5, 5.41) is 3.30. The van der Waals surface area contributed by atoms with Crippen LogP contribution in [-0.2, 0) is 4.79 Å². The zero-order chi connectivity index (χ0) is 16.4. The fourth-order valence-corrected chi connectivity index (χ4v) is 3.33. The van der Waals surface area contributed by atoms with Gasteiger partial charge < -0.3 is 10.2 Å². The van der Waals surface area contributed by atoms with Crippen molar-refractivity contribution in [2.24, 2.45) is 0 Å². The molecule has 0 unspecified atom stereocenters. The number of rotatable bonds is 4. The summed E-state index contributed by atoms with van der Waals surface area (Å²) in [6, 6.07) is 7.97. The van der Waals surface area contributed by atoms with Crippen molar-refractivity contribution in [3.05, 3.63) is 29.3 Å². The molecule has 3 rings (SSSR count). The third kappa shape index (κ3) is 3.59. The van der Waals surface area contributed by atoms with E-state index in [2.05, 4.69) is 28.1 Å². The van der Waals surface area contributed by atoms with Crippen LogP contribution in [-0.4, -0.2) is 67.0 Å². The number of urea groups is 1. The molecule has 0 aliphatic carbocycles. The number of hydrogen-bond donors (Lipinski definition) is 1. The van der Waals surface area contributed by atoms with Crippen LogP contribution in [0, 0.1) is 0 Å². The summed E-state index contributed by atoms with van der Waals surface area (Å²) >= 11 is 6.07. The van der Waals surface area contributed by atoms with Gasteiger partial charge >= 0.3 is 6.03 Å². The van der Waals surface area contributed by atoms with Gasteiger partial charge in [0.25, 0.3) is 0 Å². The van der Waals surface area contributed by atoms with E-state index in [9.17, 15) is 9.59 Å². The van der Waals surface area contributed by atoms with Crippen LogP contribution in [0.15, 0.2) is 24.3 Å². The van der Waals surface area contributed by atoms with Gasteiger partial charge in [0.1, 0.15) is 0 Å². The highest BCUT2D eigenvalue weighted by molar-refractivity contribution is 6.30. The molecule has 124 valence electrons. The fraction of sp³-hybridized carbons (Fsp3) is 0.500. The van der Waals surface area contributed by atoms with Crippen LogP contribution in [0.25, 0.3) is 0 Å². The van der Waals surface area contributed by atoms with Gasteiger partial charge in [-0.05, 0) is 25.1 Å². The van der Waals surface area contributed by atoms with Crippen molar-refractivity contribution in [3.63, 3.8) is 0 Å². The molecule has 0 spiro atoms. The van der Waals surface area contributed by atoms with E-state index >= 15 is 0 Å². The fourth-order valence-electron chi connectivity index (χ4n) is 3.14. The van der Waals surface area contributed by atoms with Gasteiger partial charge in [0.15, 0.2) is 0 Å². The number of piperazine rings is 1. The first-order valence-electron chi connectivity index (χ1n) is 7.87. The van der Waals surface area contributed by atoms with Gasteiger partial charge in [0.05, 0.1) is 6.54 Å². The second-order valence-corrected chi connectivity index (χ2v) is 6.45. The Balaban J connectivity index is 1.54. The van der Waals surface area contributed by atoms with E-state index in [-0.39, 0.29) is 18.5 Å². The second-order valence-electron chi connectivity index (χ2n) is 6.01. The summed E-state index contributed by atoms with van der Waals surface area (Å²) in [6.07, 6.45) is 0. The highest BCUT2D eigenvalue weighted by Crippen LogP contribution is 2.22. The third-order valence-electron chi connectivity index (χ3n) is 4.49. The van der Waals surface area contributed by atoms with E-state index < -0.39 is 0 Å². The highest BCUT2D eigenvalue weighted by atomic mass is 35.5. The Kier molecular flexibility index (Phi) is 4.73. The first kappa shape index (κ1) is 16.1. The minimum absolute atomic E-state index is 0.122. The Bertz CT molecular complexity index is 593. The molecule has 0 saturated carbocycles. The highest BCUT2D eigenvalue weighted by Gasteiger charge is 2.30. The topological polar surface area (TPSA) is 55.9 Å². The van der Waals surface area contributed by atoms with Crippen LogP contribution in [0.3, 0.4) is 0 Å². The lowest BCUT2D eigenvalue weighted by Crippen LogP contribution is -2.54. The number of halogens is 1. The van der Waals surface area contributed by atoms with Crippen molar-refractivity contribution in [1.82, 2.24) is 15.1 Å². The quantitative estimate of drug-likeness (QED) is 0.845. The average Bonchev–Trinajstić information content (AvgIpc) is 2.85. The lowest BCUT2D eigenvalue weighted by atomic mass is 10.1. The van der Waals surface area contributed by atoms with Gasteiger partial charge in [0, 0.05) is 49.5 Å². The summed E-state index contributed by atoms with van der Waals surface area (Å²) in [7, 11) is 0. The maximum atomic E-state index is 11.6. The van der Waals surface area contributed by atoms with Crippen molar-refractivity contribution in [2.45, 2.75) is 13.0 Å². The first-order valence-corrected chi connectivity index (χ1v) is 8.25. The van der Waals surface area contributed by atoms with E-state index in [1.165, 1.54) is 4.90 Å². The molecule has 1 aromatic carbocycles. The van der Waals surface area contributed by atoms with E-state index in [1.807, 2.05) is 18.2 Å². The van der Waals surface area contributed by atoms with Gasteiger partial charge in [-0.25, -0.2) is 4.79 Å². The lowest BCUT2D eigenvalue weighted by Gasteiger charge is -2.41. The minimum atomic E-state index is -0.278. The minimum Gasteiger partial charge on any atom is -0.369 e. The Hall–Kier alpha value is -1.79. The maximum Gasteiger partial charge on any atom is 0.324 e. The largest absolute Gasteiger partial charge is 0.369 e. The Morgan fingerprint density at radius 2 is 2.09 bits per heavy atom. The number of nitrogens with one attached hydrogen (secondary N) is 1. The number of hydrogen-bond acceptors (Lipinski definition) is 4. The standard InChI is InChI=1S/C16H21ClN4O2/c1-12-11-20(14-4-2-3-13(17)9-14)6-5-19(12)7-8-21-15(22)10-18-16(21)23/h2-4,9,12H,5-8,10-11H2,1H3,(H,18,23)/t12-/m0/s1. The molecule has 1 N–H and O–H groups in total. The van der Waals surface area contributed by atoms with E-state index in [0.717, 1.165) is 30.3 Å². The van der Waals surface area contributed by atoms with Gasteiger partial charge in [-0.15, -0.1) is 0 Å². The summed E-state index contributed by atoms with van der Waals surface area (Å²) in [4.78, 5) is 29.1. The molecular weight excluding hydrogens is 316 g/mol. The molecule has 0 radical (unpaired) electrons. The van der Waals surface area contributed by atoms with Crippen molar-refractivity contribution in [2.75, 3.05) is 44.2 Å². The monoisotopic (exact) mass is 336 g/mol. The smallest absolute Gasteiger partial charge is 0.324 e. The maximum absolute atomic E-state index is 11.6. The predicted molar refractivity (Wildman–Crippen MR) is 89.8 cm³/mol. The number of anilines is 1. The van der Waals surface area contributed by atoms with E-state index in [0.29, 0.717) is 19.1 Å². The molecule has 3 amide bonds. The van der Waals surface area contributed by atoms with Crippen LogP contribution >= 0.6 is 11.6 Å². The average molecular weight is 337 g/mol. The molecule has 23 heavy (non-hydrogen) atoms. The molecule has 1 aromatic rings. The number of amides is 3. The van der Waals surface area contributed by atoms with E-state index in [1.54, 1.807) is 0 Å². The number of imide groups is 1. The van der Waals surface area contributed by atoms with Gasteiger partial charge in [0.2, 0.25) is 5.91 Å². The number of nitrogens with zero attached hydrogens (tertiary/aromatic N) is 3. The van der Waals surface area contributed by atoms with Crippen LogP contribution < -0.4 is 10.2 Å². The SMILES string of the molecule is C[C@H]1CN(c2cccc(Cl)c2)CCN1CCN1C(=O)CNC1=O. The number of carbonyl (C=O) groups is 2. The van der Waals surface area contributed by atoms with Crippen LogP contribution in [0.1, 0.15) is 6.92 Å². The molecule has 2 saturated heterocycles. The van der Waals surface area contributed by atoms with Crippen molar-refractivity contribution in [3.8, 4) is 0 Å². The summed E-state index contributed by atoms with van der Waals surface area (Å²) in [6.45, 7) is 6.16. The van der Waals surface area contributed by atoms with Crippen LogP contribution in [0.5, 0.6) is 0 Å². The Labute approximate surface area is 141 Å². The van der Waals surface area contributed by atoms with Gasteiger partial charge in [-0.1, -0.05) is 17.7 Å². The Morgan fingerprint density at radius 3 is 2.74 bits per heavy atom. The van der Waals surface area contributed by atoms with Gasteiger partial charge in [-0.3, -0.25) is 14.6 Å². The first-order chi connectivity index (χ1) is 11.0. The van der Waals surface area contributed by atoms with Gasteiger partial charge in [-0.2, -0.15) is 0 Å². The molecule has 2 heterocycles. The summed E-state index contributed by atoms with van der Waals surface area (Å²) in [5.74, 6) is -0.139. The number of carbonyl (C=O) groups excluding carboxylic acids is 2. The van der Waals surface area contributed by atoms with Crippen LogP contribution in [0.2, 0.25) is 5.02 Å². The molecule has 2 fully saturated rings. The Morgan fingerprint density at radius 1 is 1.26 bits per heavy atom. The molecule has 6 nitrogen and oxygen atoms in total. The number of benzene rings is 1. The normalized spacial score (nSPS) is 22.6. The molecule has 2 aliphatic rings. The van der Waals surface area contributed by atoms with Crippen molar-refractivity contribution < 1.29 is 9.59 Å². The molecule has 2 aliphatic heterocycles. The van der Waals surface area contributed by atoms with Crippen molar-refractivity contribution in [1.29, 1.82) is 0 Å². The second kappa shape index (κ2) is 6.76. The zero-order valence-electron chi connectivity index (χ0n) is 13.2. The zero-order valence-corrected chi connectivity index (χ0v) is 13.9. The van der Waals surface area contributed by atoms with Crippen LogP contribution in [0.4, 0.5) is 10.5 Å². The molecule has 0 aromatic heterocycles. The third-order valence-corrected chi connectivity index (χ3v) is 4.72. The lowest BCUT2D eigenvalue weighted by molar-refractivity contribution is -0.125. The predicted octanol–water partition coefficient (Wildman–Crippen LogP) is 1.40. The molecule has 7 heteroatoms. The summed E-state index contributed by atoms with van der Waals surface area (Å²) in [5.41, 5.74) is 1.14.